The zero-order chi connectivity index (χ0) is 31.7. The molecular formula is C34H35ClFN3O4S. The second-order valence-corrected chi connectivity index (χ2v) is 12.7. The molecule has 0 saturated carbocycles. The summed E-state index contributed by atoms with van der Waals surface area (Å²) in [6, 6.07) is 27.9. The molecule has 2 amide bonds. The number of rotatable bonds is 13. The summed E-state index contributed by atoms with van der Waals surface area (Å²) in [5.41, 5.74) is 1.51. The average molecular weight is 636 g/mol. The first-order chi connectivity index (χ1) is 21.1. The lowest BCUT2D eigenvalue weighted by atomic mass is 10.0. The zero-order valence-electron chi connectivity index (χ0n) is 24.6. The second kappa shape index (κ2) is 15.0. The Morgan fingerprint density at radius 1 is 0.841 bits per heavy atom. The van der Waals surface area contributed by atoms with Crippen LogP contribution in [0.4, 0.5) is 10.1 Å². The van der Waals surface area contributed by atoms with Gasteiger partial charge in [0, 0.05) is 19.0 Å². The number of hydrogen-bond donors (Lipinski definition) is 1. The van der Waals surface area contributed by atoms with Gasteiger partial charge < -0.3 is 10.2 Å². The van der Waals surface area contributed by atoms with E-state index in [1.807, 2.05) is 44.2 Å². The molecule has 1 N–H and O–H groups in total. The van der Waals surface area contributed by atoms with Crippen molar-refractivity contribution in [3.05, 3.63) is 131 Å². The van der Waals surface area contributed by atoms with E-state index in [-0.39, 0.29) is 40.5 Å². The third-order valence-corrected chi connectivity index (χ3v) is 9.36. The highest BCUT2D eigenvalue weighted by molar-refractivity contribution is 7.92. The Bertz CT molecular complexity index is 1660. The van der Waals surface area contributed by atoms with Crippen LogP contribution in [-0.4, -0.2) is 43.8 Å². The van der Waals surface area contributed by atoms with Crippen LogP contribution in [0.3, 0.4) is 0 Å². The normalized spacial score (nSPS) is 12.6. The van der Waals surface area contributed by atoms with Crippen molar-refractivity contribution in [2.75, 3.05) is 10.8 Å². The van der Waals surface area contributed by atoms with Crippen molar-refractivity contribution < 1.29 is 22.4 Å². The molecule has 7 nitrogen and oxygen atoms in total. The fourth-order valence-corrected chi connectivity index (χ4v) is 6.41. The van der Waals surface area contributed by atoms with Crippen molar-refractivity contribution >= 4 is 39.1 Å². The van der Waals surface area contributed by atoms with E-state index in [2.05, 4.69) is 5.32 Å². The van der Waals surface area contributed by atoms with Crippen LogP contribution in [0.25, 0.3) is 0 Å². The molecule has 2 atom stereocenters. The van der Waals surface area contributed by atoms with Gasteiger partial charge in [-0.3, -0.25) is 13.9 Å². The summed E-state index contributed by atoms with van der Waals surface area (Å²) in [5.74, 6) is -1.45. The average Bonchev–Trinajstić information content (AvgIpc) is 3.03. The van der Waals surface area contributed by atoms with E-state index in [0.717, 1.165) is 9.87 Å². The number of carbonyl (C=O) groups excluding carboxylic acids is 2. The molecule has 0 aromatic heterocycles. The number of carbonyl (C=O) groups is 2. The monoisotopic (exact) mass is 635 g/mol. The lowest BCUT2D eigenvalue weighted by Crippen LogP contribution is -2.54. The molecule has 4 aromatic carbocycles. The molecule has 0 heterocycles. The van der Waals surface area contributed by atoms with E-state index in [4.69, 9.17) is 11.6 Å². The predicted octanol–water partition coefficient (Wildman–Crippen LogP) is 6.23. The van der Waals surface area contributed by atoms with Gasteiger partial charge in [-0.15, -0.1) is 0 Å². The van der Waals surface area contributed by atoms with Gasteiger partial charge in [0.15, 0.2) is 0 Å². The summed E-state index contributed by atoms with van der Waals surface area (Å²) in [6.07, 6.45) is 0.846. The van der Waals surface area contributed by atoms with Crippen LogP contribution < -0.4 is 9.62 Å². The summed E-state index contributed by atoms with van der Waals surface area (Å²) >= 11 is 6.48. The third kappa shape index (κ3) is 8.24. The SMILES string of the molecule is CC[C@@H](C)NC(=O)[C@H](Cc1ccccc1)N(Cc1ccc(F)cc1)C(=O)CN(c1ccccc1Cl)S(=O)(=O)c1ccccc1. The molecule has 230 valence electrons. The summed E-state index contributed by atoms with van der Waals surface area (Å²) < 4.78 is 42.8. The standard InChI is InChI=1S/C34H35ClFN3O4S/c1-3-25(2)37-34(41)32(22-26-12-6-4-7-13-26)38(23-27-18-20-28(36)21-19-27)33(40)24-39(31-17-11-10-16-30(31)35)44(42,43)29-14-8-5-9-15-29/h4-21,25,32H,3,22-24H2,1-2H3,(H,37,41)/t25-,32+/m1/s1. The molecular weight excluding hydrogens is 601 g/mol. The van der Waals surface area contributed by atoms with Crippen molar-refractivity contribution in [3.8, 4) is 0 Å². The van der Waals surface area contributed by atoms with Crippen molar-refractivity contribution in [2.24, 2.45) is 0 Å². The first-order valence-electron chi connectivity index (χ1n) is 14.3. The fraction of sp³-hybridized carbons (Fsp3) is 0.235. The minimum absolute atomic E-state index is 0.0202. The molecule has 4 rings (SSSR count). The van der Waals surface area contributed by atoms with E-state index in [1.54, 1.807) is 36.4 Å². The number of halogens is 2. The zero-order valence-corrected chi connectivity index (χ0v) is 26.1. The molecule has 0 spiro atoms. The number of amides is 2. The van der Waals surface area contributed by atoms with Gasteiger partial charge >= 0.3 is 0 Å². The molecule has 0 radical (unpaired) electrons. The van der Waals surface area contributed by atoms with Gasteiger partial charge in [-0.1, -0.05) is 91.3 Å². The summed E-state index contributed by atoms with van der Waals surface area (Å²) in [7, 11) is -4.26. The van der Waals surface area contributed by atoms with Gasteiger partial charge in [-0.2, -0.15) is 0 Å². The third-order valence-electron chi connectivity index (χ3n) is 7.27. The van der Waals surface area contributed by atoms with Crippen LogP contribution in [0.2, 0.25) is 5.02 Å². The Hall–Kier alpha value is -4.21. The highest BCUT2D eigenvalue weighted by Crippen LogP contribution is 2.31. The molecule has 4 aromatic rings. The van der Waals surface area contributed by atoms with Crippen molar-refractivity contribution in [1.29, 1.82) is 0 Å². The van der Waals surface area contributed by atoms with Gasteiger partial charge in [0.05, 0.1) is 15.6 Å². The van der Waals surface area contributed by atoms with E-state index < -0.39 is 34.3 Å². The number of sulfonamides is 1. The van der Waals surface area contributed by atoms with Gasteiger partial charge in [-0.25, -0.2) is 12.8 Å². The molecule has 0 saturated heterocycles. The highest BCUT2D eigenvalue weighted by Gasteiger charge is 2.35. The maximum atomic E-state index is 14.4. The lowest BCUT2D eigenvalue weighted by molar-refractivity contribution is -0.140. The Kier molecular flexibility index (Phi) is 11.1. The molecule has 0 fully saturated rings. The molecule has 0 bridgehead atoms. The number of anilines is 1. The lowest BCUT2D eigenvalue weighted by Gasteiger charge is -2.34. The van der Waals surface area contributed by atoms with Crippen LogP contribution >= 0.6 is 11.6 Å². The van der Waals surface area contributed by atoms with Crippen molar-refractivity contribution in [3.63, 3.8) is 0 Å². The van der Waals surface area contributed by atoms with Gasteiger partial charge in [0.25, 0.3) is 10.0 Å². The maximum absolute atomic E-state index is 14.4. The molecule has 0 unspecified atom stereocenters. The predicted molar refractivity (Wildman–Crippen MR) is 171 cm³/mol. The maximum Gasteiger partial charge on any atom is 0.264 e. The van der Waals surface area contributed by atoms with Crippen molar-refractivity contribution in [1.82, 2.24) is 10.2 Å². The van der Waals surface area contributed by atoms with Crippen molar-refractivity contribution in [2.45, 2.75) is 50.2 Å². The number of benzene rings is 4. The van der Waals surface area contributed by atoms with Gasteiger partial charge in [-0.05, 0) is 60.9 Å². The van der Waals surface area contributed by atoms with E-state index in [0.29, 0.717) is 12.0 Å². The van der Waals surface area contributed by atoms with E-state index in [9.17, 15) is 22.4 Å². The highest BCUT2D eigenvalue weighted by atomic mass is 35.5. The minimum atomic E-state index is -4.26. The molecule has 0 aliphatic carbocycles. The molecule has 0 aliphatic rings. The Labute approximate surface area is 263 Å². The smallest absolute Gasteiger partial charge is 0.264 e. The van der Waals surface area contributed by atoms with Crippen LogP contribution in [0.5, 0.6) is 0 Å². The molecule has 44 heavy (non-hydrogen) atoms. The van der Waals surface area contributed by atoms with Crippen LogP contribution in [0.15, 0.2) is 114 Å². The topological polar surface area (TPSA) is 86.8 Å². The van der Waals surface area contributed by atoms with Crippen LogP contribution in [-0.2, 0) is 32.6 Å². The summed E-state index contributed by atoms with van der Waals surface area (Å²) in [4.78, 5) is 29.6. The van der Waals surface area contributed by atoms with Crippen LogP contribution in [0, 0.1) is 5.82 Å². The van der Waals surface area contributed by atoms with E-state index in [1.165, 1.54) is 47.4 Å². The Balaban J connectivity index is 1.81. The largest absolute Gasteiger partial charge is 0.352 e. The van der Waals surface area contributed by atoms with E-state index >= 15 is 0 Å². The molecule has 10 heteroatoms. The number of nitrogens with one attached hydrogen (secondary N) is 1. The van der Waals surface area contributed by atoms with Crippen LogP contribution in [0.1, 0.15) is 31.4 Å². The summed E-state index contributed by atoms with van der Waals surface area (Å²) in [6.45, 7) is 3.11. The number of hydrogen-bond acceptors (Lipinski definition) is 4. The fourth-order valence-electron chi connectivity index (χ4n) is 4.67. The second-order valence-electron chi connectivity index (χ2n) is 10.4. The first-order valence-corrected chi connectivity index (χ1v) is 16.1. The van der Waals surface area contributed by atoms with Gasteiger partial charge in [0.1, 0.15) is 18.4 Å². The Morgan fingerprint density at radius 3 is 2.05 bits per heavy atom. The number of nitrogens with zero attached hydrogens (tertiary/aromatic N) is 2. The Morgan fingerprint density at radius 2 is 1.43 bits per heavy atom. The quantitative estimate of drug-likeness (QED) is 0.189. The minimum Gasteiger partial charge on any atom is -0.352 e. The molecule has 0 aliphatic heterocycles. The van der Waals surface area contributed by atoms with Gasteiger partial charge in [0.2, 0.25) is 11.8 Å². The number of para-hydroxylation sites is 1. The first kappa shape index (κ1) is 32.7. The summed E-state index contributed by atoms with van der Waals surface area (Å²) in [5, 5.41) is 3.12.